The average Bonchev–Trinajstić information content (AvgIpc) is 3.26. The Morgan fingerprint density at radius 2 is 1.60 bits per heavy atom. The molecule has 0 unspecified atom stereocenters. The number of benzene rings is 2. The molecule has 0 bridgehead atoms. The predicted octanol–water partition coefficient (Wildman–Crippen LogP) is 7.71. The molecule has 4 rings (SSSR count). The third-order valence-corrected chi connectivity index (χ3v) is 6.08. The molecule has 0 aliphatic heterocycles. The minimum atomic E-state index is -0.256. The molecule has 2 heterocycles. The lowest BCUT2D eigenvalue weighted by Gasteiger charge is -2.12. The summed E-state index contributed by atoms with van der Waals surface area (Å²) in [5.41, 5.74) is 5.06. The Labute approximate surface area is 208 Å². The number of rotatable bonds is 10. The van der Waals surface area contributed by atoms with Crippen LogP contribution in [0.2, 0.25) is 0 Å². The Morgan fingerprint density at radius 1 is 0.829 bits per heavy atom. The molecule has 4 heteroatoms. The normalized spacial score (nSPS) is 10.7. The van der Waals surface area contributed by atoms with Crippen LogP contribution in [0.15, 0.2) is 79.1 Å². The van der Waals surface area contributed by atoms with Crippen molar-refractivity contribution in [3.05, 3.63) is 96.3 Å². The van der Waals surface area contributed by atoms with Crippen molar-refractivity contribution in [3.63, 3.8) is 0 Å². The Bertz CT molecular complexity index is 1250. The van der Waals surface area contributed by atoms with E-state index in [1.54, 1.807) is 24.5 Å². The fourth-order valence-corrected chi connectivity index (χ4v) is 4.25. The van der Waals surface area contributed by atoms with Crippen molar-refractivity contribution in [1.82, 2.24) is 14.5 Å². The molecule has 178 valence electrons. The lowest BCUT2D eigenvalue weighted by atomic mass is 10.1. The van der Waals surface area contributed by atoms with E-state index in [1.165, 1.54) is 37.0 Å². The molecule has 0 N–H and O–H groups in total. The summed E-state index contributed by atoms with van der Waals surface area (Å²) in [6.45, 7) is 3.01. The van der Waals surface area contributed by atoms with Crippen LogP contribution in [0, 0.1) is 17.7 Å². The summed E-state index contributed by atoms with van der Waals surface area (Å²) in [6, 6.07) is 21.1. The molecule has 0 atom stereocenters. The van der Waals surface area contributed by atoms with Crippen LogP contribution in [0.5, 0.6) is 0 Å². The van der Waals surface area contributed by atoms with Crippen molar-refractivity contribution in [2.24, 2.45) is 0 Å². The zero-order chi connectivity index (χ0) is 24.3. The molecule has 3 nitrogen and oxygen atoms in total. The van der Waals surface area contributed by atoms with E-state index >= 15 is 0 Å². The predicted molar refractivity (Wildman–Crippen MR) is 141 cm³/mol. The third kappa shape index (κ3) is 6.67. The number of imidazole rings is 1. The molecule has 4 aromatic rings. The van der Waals surface area contributed by atoms with E-state index in [2.05, 4.69) is 52.6 Å². The Balaban J connectivity index is 1.71. The van der Waals surface area contributed by atoms with E-state index in [0.29, 0.717) is 0 Å². The van der Waals surface area contributed by atoms with Crippen LogP contribution in [0.1, 0.15) is 56.8 Å². The molecule has 0 fully saturated rings. The summed E-state index contributed by atoms with van der Waals surface area (Å²) in [4.78, 5) is 9.19. The molecule has 0 saturated carbocycles. The molecule has 0 aliphatic rings. The number of nitrogens with zero attached hydrogens (tertiary/aromatic N) is 3. The molecule has 2 aromatic carbocycles. The number of hydrogen-bond donors (Lipinski definition) is 0. The lowest BCUT2D eigenvalue weighted by Crippen LogP contribution is -2.05. The molecule has 0 radical (unpaired) electrons. The lowest BCUT2D eigenvalue weighted by molar-refractivity contribution is 0.628. The maximum atomic E-state index is 13.7. The Kier molecular flexibility index (Phi) is 8.84. The van der Waals surface area contributed by atoms with Gasteiger partial charge in [-0.3, -0.25) is 4.98 Å². The van der Waals surface area contributed by atoms with Gasteiger partial charge in [-0.25, -0.2) is 9.37 Å². The topological polar surface area (TPSA) is 30.7 Å². The van der Waals surface area contributed by atoms with Crippen molar-refractivity contribution in [2.45, 2.75) is 58.4 Å². The quantitative estimate of drug-likeness (QED) is 0.177. The SMILES string of the molecule is CCCCCCC#Cc1nc(-c2ccc(F)cc2)c(-c2ccncc2)n1CCCc1ccccc1. The monoisotopic (exact) mass is 465 g/mol. The van der Waals surface area contributed by atoms with E-state index in [-0.39, 0.29) is 5.82 Å². The summed E-state index contributed by atoms with van der Waals surface area (Å²) in [5, 5.41) is 0. The number of hydrogen-bond acceptors (Lipinski definition) is 2. The van der Waals surface area contributed by atoms with Crippen molar-refractivity contribution in [1.29, 1.82) is 0 Å². The smallest absolute Gasteiger partial charge is 0.186 e. The van der Waals surface area contributed by atoms with Gasteiger partial charge < -0.3 is 4.57 Å². The van der Waals surface area contributed by atoms with Gasteiger partial charge in [-0.2, -0.15) is 0 Å². The maximum Gasteiger partial charge on any atom is 0.186 e. The highest BCUT2D eigenvalue weighted by Crippen LogP contribution is 2.33. The van der Waals surface area contributed by atoms with Crippen molar-refractivity contribution in [3.8, 4) is 34.4 Å². The average molecular weight is 466 g/mol. The highest BCUT2D eigenvalue weighted by molar-refractivity contribution is 5.79. The van der Waals surface area contributed by atoms with Gasteiger partial charge in [0.2, 0.25) is 0 Å². The van der Waals surface area contributed by atoms with Crippen LogP contribution in [0.3, 0.4) is 0 Å². The summed E-state index contributed by atoms with van der Waals surface area (Å²) >= 11 is 0. The van der Waals surface area contributed by atoms with Crippen LogP contribution < -0.4 is 0 Å². The van der Waals surface area contributed by atoms with E-state index in [0.717, 1.165) is 60.6 Å². The first-order chi connectivity index (χ1) is 17.3. The van der Waals surface area contributed by atoms with E-state index < -0.39 is 0 Å². The van der Waals surface area contributed by atoms with Crippen molar-refractivity contribution < 1.29 is 4.39 Å². The second kappa shape index (κ2) is 12.7. The van der Waals surface area contributed by atoms with Crippen LogP contribution in [0.25, 0.3) is 22.5 Å². The van der Waals surface area contributed by atoms with Crippen molar-refractivity contribution >= 4 is 0 Å². The van der Waals surface area contributed by atoms with Gasteiger partial charge in [-0.05, 0) is 67.1 Å². The van der Waals surface area contributed by atoms with Crippen LogP contribution >= 0.6 is 0 Å². The van der Waals surface area contributed by atoms with Gasteiger partial charge in [0.25, 0.3) is 0 Å². The summed E-state index contributed by atoms with van der Waals surface area (Å²) in [5.74, 6) is 7.23. The van der Waals surface area contributed by atoms with Crippen LogP contribution in [0.4, 0.5) is 4.39 Å². The maximum absolute atomic E-state index is 13.7. The zero-order valence-corrected chi connectivity index (χ0v) is 20.4. The number of aryl methyl sites for hydroxylation is 1. The molecule has 0 aliphatic carbocycles. The molecule has 0 spiro atoms. The van der Waals surface area contributed by atoms with Gasteiger partial charge in [-0.1, -0.05) is 62.4 Å². The number of pyridine rings is 1. The minimum absolute atomic E-state index is 0.256. The first-order valence-electron chi connectivity index (χ1n) is 12.6. The molecule has 0 amide bonds. The fourth-order valence-electron chi connectivity index (χ4n) is 4.25. The first kappa shape index (κ1) is 24.4. The summed E-state index contributed by atoms with van der Waals surface area (Å²) < 4.78 is 15.9. The highest BCUT2D eigenvalue weighted by Gasteiger charge is 2.19. The second-order valence-corrected chi connectivity index (χ2v) is 8.73. The second-order valence-electron chi connectivity index (χ2n) is 8.73. The molecular weight excluding hydrogens is 433 g/mol. The molecule has 0 saturated heterocycles. The van der Waals surface area contributed by atoms with Crippen molar-refractivity contribution in [2.75, 3.05) is 0 Å². The number of aromatic nitrogens is 3. The molecular formula is C31H32FN3. The Morgan fingerprint density at radius 3 is 2.34 bits per heavy atom. The van der Waals surface area contributed by atoms with Gasteiger partial charge in [0, 0.05) is 36.5 Å². The van der Waals surface area contributed by atoms with Gasteiger partial charge in [0.15, 0.2) is 5.82 Å². The largest absolute Gasteiger partial charge is 0.317 e. The third-order valence-electron chi connectivity index (χ3n) is 6.08. The van der Waals surface area contributed by atoms with E-state index in [4.69, 9.17) is 4.98 Å². The highest BCUT2D eigenvalue weighted by atomic mass is 19.1. The Hall–Kier alpha value is -3.71. The zero-order valence-electron chi connectivity index (χ0n) is 20.4. The van der Waals surface area contributed by atoms with Crippen LogP contribution in [-0.4, -0.2) is 14.5 Å². The number of unbranched alkanes of at least 4 members (excludes halogenated alkanes) is 4. The standard InChI is InChI=1S/C31H32FN3/c1-2-3-4-5-6-10-15-29-34-30(26-16-18-28(32)19-17-26)31(27-20-22-33-23-21-27)35(29)24-11-14-25-12-8-7-9-13-25/h7-9,12-13,16-23H,2-6,11,14,24H2,1H3. The van der Waals surface area contributed by atoms with Gasteiger partial charge in [0.1, 0.15) is 5.82 Å². The van der Waals surface area contributed by atoms with Gasteiger partial charge >= 0.3 is 0 Å². The summed E-state index contributed by atoms with van der Waals surface area (Å²) in [6.07, 6.45) is 11.2. The summed E-state index contributed by atoms with van der Waals surface area (Å²) in [7, 11) is 0. The number of halogens is 1. The molecule has 35 heavy (non-hydrogen) atoms. The van der Waals surface area contributed by atoms with E-state index in [9.17, 15) is 4.39 Å². The fraction of sp³-hybridized carbons (Fsp3) is 0.290. The van der Waals surface area contributed by atoms with Gasteiger partial charge in [0.05, 0.1) is 11.4 Å². The molecule has 2 aromatic heterocycles. The first-order valence-corrected chi connectivity index (χ1v) is 12.6. The van der Waals surface area contributed by atoms with Crippen LogP contribution in [-0.2, 0) is 13.0 Å². The van der Waals surface area contributed by atoms with E-state index in [1.807, 2.05) is 18.2 Å². The minimum Gasteiger partial charge on any atom is -0.317 e. The van der Waals surface area contributed by atoms with Gasteiger partial charge in [-0.15, -0.1) is 0 Å².